The summed E-state index contributed by atoms with van der Waals surface area (Å²) in [7, 11) is 0. The second kappa shape index (κ2) is 10.1. The van der Waals surface area contributed by atoms with E-state index in [0.717, 1.165) is 21.2 Å². The van der Waals surface area contributed by atoms with Crippen molar-refractivity contribution in [1.29, 1.82) is 0 Å². The molecule has 0 atom stereocenters. The number of amides is 1. The van der Waals surface area contributed by atoms with Crippen molar-refractivity contribution in [3.05, 3.63) is 94.0 Å². The van der Waals surface area contributed by atoms with Crippen molar-refractivity contribution in [2.75, 3.05) is 11.1 Å². The third kappa shape index (κ3) is 6.37. The van der Waals surface area contributed by atoms with Gasteiger partial charge in [0.1, 0.15) is 0 Å². The minimum Gasteiger partial charge on any atom is -0.325 e. The number of nitrogens with one attached hydrogen (secondary N) is 1. The van der Waals surface area contributed by atoms with Crippen LogP contribution in [0.1, 0.15) is 11.1 Å². The molecule has 0 saturated heterocycles. The molecule has 148 valence electrons. The summed E-state index contributed by atoms with van der Waals surface area (Å²) in [5.74, 6) is 1.18. The van der Waals surface area contributed by atoms with Crippen LogP contribution < -0.4 is 5.32 Å². The Morgan fingerprint density at radius 3 is 2.21 bits per heavy atom. The van der Waals surface area contributed by atoms with Gasteiger partial charge >= 0.3 is 0 Å². The highest BCUT2D eigenvalue weighted by Gasteiger charge is 2.07. The molecule has 0 bridgehead atoms. The largest absolute Gasteiger partial charge is 0.325 e. The summed E-state index contributed by atoms with van der Waals surface area (Å²) >= 11 is 3.10. The van der Waals surface area contributed by atoms with E-state index in [2.05, 4.69) is 24.4 Å². The fourth-order valence-corrected chi connectivity index (χ4v) is 4.32. The van der Waals surface area contributed by atoms with Gasteiger partial charge in [-0.25, -0.2) is 0 Å². The normalized spacial score (nSPS) is 10.5. The predicted molar refractivity (Wildman–Crippen MR) is 120 cm³/mol. The molecule has 0 radical (unpaired) electrons. The molecule has 0 spiro atoms. The second-order valence-electron chi connectivity index (χ2n) is 6.34. The predicted octanol–water partition coefficient (Wildman–Crippen LogP) is 5.93. The number of hydrogen-bond donors (Lipinski definition) is 1. The monoisotopic (exact) mass is 424 g/mol. The first-order chi connectivity index (χ1) is 14.0. The lowest BCUT2D eigenvalue weighted by Crippen LogP contribution is -2.14. The zero-order valence-corrected chi connectivity index (χ0v) is 17.5. The minimum atomic E-state index is -0.411. The lowest BCUT2D eigenvalue weighted by atomic mass is 10.1. The van der Waals surface area contributed by atoms with Crippen LogP contribution >= 0.6 is 23.5 Å². The smallest absolute Gasteiger partial charge is 0.269 e. The number of nitro groups is 1. The standard InChI is InChI=1S/C22H20N2O3S2/c1-16-4-2-3-5-17(16)14-28-15-22(25)23-18-6-10-20(11-7-18)29-21-12-8-19(9-13-21)24(26)27/h2-13H,14-15H2,1H3,(H,23,25). The van der Waals surface area contributed by atoms with E-state index in [1.54, 1.807) is 23.9 Å². The first kappa shape index (κ1) is 21.0. The Bertz CT molecular complexity index is 990. The van der Waals surface area contributed by atoms with Gasteiger partial charge in [-0.15, -0.1) is 11.8 Å². The molecule has 0 saturated carbocycles. The number of nitro benzene ring substituents is 1. The summed E-state index contributed by atoms with van der Waals surface area (Å²) in [6.45, 7) is 2.08. The maximum atomic E-state index is 12.2. The Labute approximate surface area is 178 Å². The van der Waals surface area contributed by atoms with Gasteiger partial charge in [0.15, 0.2) is 0 Å². The van der Waals surface area contributed by atoms with Gasteiger partial charge in [-0.05, 0) is 54.4 Å². The van der Waals surface area contributed by atoms with Crippen molar-refractivity contribution in [3.63, 3.8) is 0 Å². The molecule has 5 nitrogen and oxygen atoms in total. The molecule has 0 aromatic heterocycles. The minimum absolute atomic E-state index is 0.0284. The van der Waals surface area contributed by atoms with Crippen LogP contribution in [0, 0.1) is 17.0 Å². The van der Waals surface area contributed by atoms with E-state index >= 15 is 0 Å². The van der Waals surface area contributed by atoms with Gasteiger partial charge in [0.2, 0.25) is 5.91 Å². The molecule has 0 unspecified atom stereocenters. The lowest BCUT2D eigenvalue weighted by molar-refractivity contribution is -0.384. The van der Waals surface area contributed by atoms with Crippen molar-refractivity contribution in [3.8, 4) is 0 Å². The Morgan fingerprint density at radius 2 is 1.59 bits per heavy atom. The lowest BCUT2D eigenvalue weighted by Gasteiger charge is -2.08. The second-order valence-corrected chi connectivity index (χ2v) is 8.48. The van der Waals surface area contributed by atoms with Crippen LogP contribution in [0.15, 0.2) is 82.6 Å². The van der Waals surface area contributed by atoms with Gasteiger partial charge in [-0.3, -0.25) is 14.9 Å². The molecule has 0 aliphatic carbocycles. The number of hydrogen-bond acceptors (Lipinski definition) is 5. The maximum Gasteiger partial charge on any atom is 0.269 e. The Kier molecular flexibility index (Phi) is 7.32. The number of thioether (sulfide) groups is 1. The topological polar surface area (TPSA) is 72.2 Å². The average molecular weight is 425 g/mol. The molecule has 3 aromatic carbocycles. The molecule has 1 amide bonds. The van der Waals surface area contributed by atoms with Crippen LogP contribution in [0.4, 0.5) is 11.4 Å². The Morgan fingerprint density at radius 1 is 0.966 bits per heavy atom. The summed E-state index contributed by atoms with van der Waals surface area (Å²) in [5.41, 5.74) is 3.31. The van der Waals surface area contributed by atoms with Crippen molar-refractivity contribution in [1.82, 2.24) is 0 Å². The van der Waals surface area contributed by atoms with Crippen LogP contribution in [0.5, 0.6) is 0 Å². The fourth-order valence-electron chi connectivity index (χ4n) is 2.60. The van der Waals surface area contributed by atoms with E-state index in [0.29, 0.717) is 5.75 Å². The third-order valence-electron chi connectivity index (χ3n) is 4.17. The van der Waals surface area contributed by atoms with Crippen LogP contribution in [-0.4, -0.2) is 16.6 Å². The molecule has 0 fully saturated rings. The van der Waals surface area contributed by atoms with E-state index in [-0.39, 0.29) is 11.6 Å². The van der Waals surface area contributed by atoms with E-state index in [9.17, 15) is 14.9 Å². The number of rotatable bonds is 8. The van der Waals surface area contributed by atoms with E-state index in [4.69, 9.17) is 0 Å². The Hall–Kier alpha value is -2.77. The maximum absolute atomic E-state index is 12.2. The molecule has 0 aliphatic heterocycles. The number of nitrogens with zero attached hydrogens (tertiary/aromatic N) is 1. The summed E-state index contributed by atoms with van der Waals surface area (Å²) in [6.07, 6.45) is 0. The molecular weight excluding hydrogens is 404 g/mol. The average Bonchev–Trinajstić information content (AvgIpc) is 2.71. The highest BCUT2D eigenvalue weighted by molar-refractivity contribution is 7.99. The highest BCUT2D eigenvalue weighted by atomic mass is 32.2. The van der Waals surface area contributed by atoms with Crippen LogP contribution in [0.2, 0.25) is 0 Å². The highest BCUT2D eigenvalue weighted by Crippen LogP contribution is 2.29. The van der Waals surface area contributed by atoms with E-state index in [1.807, 2.05) is 36.4 Å². The van der Waals surface area contributed by atoms with Crippen molar-refractivity contribution in [2.24, 2.45) is 0 Å². The zero-order chi connectivity index (χ0) is 20.6. The molecule has 29 heavy (non-hydrogen) atoms. The van der Waals surface area contributed by atoms with Crippen LogP contribution in [0.25, 0.3) is 0 Å². The van der Waals surface area contributed by atoms with Crippen LogP contribution in [0.3, 0.4) is 0 Å². The molecule has 3 rings (SSSR count). The number of carbonyl (C=O) groups is 1. The number of benzene rings is 3. The van der Waals surface area contributed by atoms with Gasteiger partial charge < -0.3 is 5.32 Å². The summed E-state index contributed by atoms with van der Waals surface area (Å²) < 4.78 is 0. The van der Waals surface area contributed by atoms with Gasteiger partial charge in [-0.2, -0.15) is 0 Å². The number of anilines is 1. The van der Waals surface area contributed by atoms with Gasteiger partial charge in [0.25, 0.3) is 5.69 Å². The van der Waals surface area contributed by atoms with Gasteiger partial charge in [0, 0.05) is 33.4 Å². The molecule has 0 heterocycles. The fraction of sp³-hybridized carbons (Fsp3) is 0.136. The van der Waals surface area contributed by atoms with Gasteiger partial charge in [-0.1, -0.05) is 36.0 Å². The molecule has 0 aliphatic rings. The van der Waals surface area contributed by atoms with Crippen LogP contribution in [-0.2, 0) is 10.5 Å². The third-order valence-corrected chi connectivity index (χ3v) is 6.17. The zero-order valence-electron chi connectivity index (χ0n) is 15.8. The summed E-state index contributed by atoms with van der Waals surface area (Å²) in [5, 5.41) is 13.6. The number of carbonyl (C=O) groups excluding carboxylic acids is 1. The first-order valence-electron chi connectivity index (χ1n) is 8.96. The van der Waals surface area contributed by atoms with E-state index in [1.165, 1.54) is 35.0 Å². The quantitative estimate of drug-likeness (QED) is 0.359. The summed E-state index contributed by atoms with van der Waals surface area (Å²) in [6, 6.07) is 22.2. The number of non-ortho nitro benzene ring substituents is 1. The van der Waals surface area contributed by atoms with Gasteiger partial charge in [0.05, 0.1) is 10.7 Å². The Balaban J connectivity index is 1.47. The summed E-state index contributed by atoms with van der Waals surface area (Å²) in [4.78, 5) is 24.4. The first-order valence-corrected chi connectivity index (χ1v) is 10.9. The molecule has 7 heteroatoms. The van der Waals surface area contributed by atoms with E-state index < -0.39 is 4.92 Å². The van der Waals surface area contributed by atoms with Crippen molar-refractivity contribution >= 4 is 40.8 Å². The number of aryl methyl sites for hydroxylation is 1. The van der Waals surface area contributed by atoms with Crippen molar-refractivity contribution < 1.29 is 9.72 Å². The molecular formula is C22H20N2O3S2. The molecule has 3 aromatic rings. The SMILES string of the molecule is Cc1ccccc1CSCC(=O)Nc1ccc(Sc2ccc([N+](=O)[O-])cc2)cc1. The van der Waals surface area contributed by atoms with Crippen molar-refractivity contribution in [2.45, 2.75) is 22.5 Å². The molecule has 1 N–H and O–H groups in total.